The Morgan fingerprint density at radius 2 is 2.11 bits per heavy atom. The Hall–Kier alpha value is -0.0200. The molecule has 0 N–H and O–H groups in total. The van der Waals surface area contributed by atoms with Gasteiger partial charge in [-0.3, -0.25) is 4.79 Å². The van der Waals surface area contributed by atoms with Crippen LogP contribution in [-0.4, -0.2) is 29.5 Å². The fourth-order valence-electron chi connectivity index (χ4n) is 3.03. The highest BCUT2D eigenvalue weighted by molar-refractivity contribution is 7.99. The summed E-state index contributed by atoms with van der Waals surface area (Å²) < 4.78 is 6.05. The van der Waals surface area contributed by atoms with E-state index in [4.69, 9.17) is 4.74 Å². The lowest BCUT2D eigenvalue weighted by atomic mass is 9.79. The van der Waals surface area contributed by atoms with Gasteiger partial charge in [0.1, 0.15) is 5.78 Å². The molecule has 1 atom stereocenters. The number of ether oxygens (including phenoxy) is 1. The van der Waals surface area contributed by atoms with E-state index in [2.05, 4.69) is 13.8 Å². The fraction of sp³-hybridized carbons (Fsp3) is 0.933. The summed E-state index contributed by atoms with van der Waals surface area (Å²) in [5.41, 5.74) is 0.0572. The number of carbonyl (C=O) groups is 1. The van der Waals surface area contributed by atoms with Crippen molar-refractivity contribution in [2.24, 2.45) is 11.8 Å². The van der Waals surface area contributed by atoms with Crippen LogP contribution in [0.3, 0.4) is 0 Å². The molecule has 0 aliphatic carbocycles. The Labute approximate surface area is 115 Å². The zero-order chi connectivity index (χ0) is 13.0. The molecule has 1 unspecified atom stereocenters. The van der Waals surface area contributed by atoms with Crippen molar-refractivity contribution in [3.05, 3.63) is 0 Å². The molecule has 0 saturated carbocycles. The van der Waals surface area contributed by atoms with Crippen molar-refractivity contribution in [2.45, 2.75) is 58.0 Å². The summed E-state index contributed by atoms with van der Waals surface area (Å²) in [4.78, 5) is 12.3. The topological polar surface area (TPSA) is 26.3 Å². The van der Waals surface area contributed by atoms with Gasteiger partial charge in [0.15, 0.2) is 0 Å². The van der Waals surface area contributed by atoms with Crippen LogP contribution in [0, 0.1) is 11.8 Å². The van der Waals surface area contributed by atoms with E-state index in [1.54, 1.807) is 0 Å². The third kappa shape index (κ3) is 3.74. The van der Waals surface area contributed by atoms with Crippen molar-refractivity contribution < 1.29 is 9.53 Å². The van der Waals surface area contributed by atoms with Crippen LogP contribution in [0.25, 0.3) is 0 Å². The molecule has 1 spiro atoms. The van der Waals surface area contributed by atoms with Gasteiger partial charge in [-0.1, -0.05) is 13.8 Å². The van der Waals surface area contributed by atoms with Gasteiger partial charge < -0.3 is 4.74 Å². The molecule has 2 aliphatic rings. The lowest BCUT2D eigenvalue weighted by molar-refractivity contribution is -0.138. The maximum Gasteiger partial charge on any atom is 0.136 e. The Bertz CT molecular complexity index is 277. The zero-order valence-corrected chi connectivity index (χ0v) is 12.6. The van der Waals surface area contributed by atoms with Crippen LogP contribution in [0.1, 0.15) is 52.4 Å². The lowest BCUT2D eigenvalue weighted by Gasteiger charge is -2.43. The van der Waals surface area contributed by atoms with Gasteiger partial charge in [0.2, 0.25) is 0 Å². The molecule has 2 fully saturated rings. The van der Waals surface area contributed by atoms with Gasteiger partial charge in [-0.25, -0.2) is 0 Å². The van der Waals surface area contributed by atoms with E-state index in [9.17, 15) is 4.79 Å². The smallest absolute Gasteiger partial charge is 0.136 e. The number of ketones is 1. The molecule has 0 aromatic carbocycles. The molecule has 2 rings (SSSR count). The Balaban J connectivity index is 1.87. The summed E-state index contributed by atoms with van der Waals surface area (Å²) in [5, 5.41) is 0. The Kier molecular flexibility index (Phi) is 5.14. The third-order valence-corrected chi connectivity index (χ3v) is 5.31. The molecule has 2 aliphatic heterocycles. The summed E-state index contributed by atoms with van der Waals surface area (Å²) in [6.07, 6.45) is 6.04. The molecule has 104 valence electrons. The molecule has 2 nitrogen and oxygen atoms in total. The third-order valence-electron chi connectivity index (χ3n) is 4.32. The average Bonchev–Trinajstić information content (AvgIpc) is 2.37. The molecule has 0 bridgehead atoms. The molecule has 3 heteroatoms. The van der Waals surface area contributed by atoms with Crippen molar-refractivity contribution in [3.8, 4) is 0 Å². The number of thioether (sulfide) groups is 1. The van der Waals surface area contributed by atoms with Crippen molar-refractivity contribution in [1.29, 1.82) is 0 Å². The molecule has 0 amide bonds. The van der Waals surface area contributed by atoms with Gasteiger partial charge in [-0.05, 0) is 49.5 Å². The molecular weight excluding hydrogens is 244 g/mol. The molecule has 0 radical (unpaired) electrons. The van der Waals surface area contributed by atoms with E-state index >= 15 is 0 Å². The standard InChI is InChI=1S/C15H26O2S/c1-12(2)3-4-14(16)13-5-8-17-15(11-13)6-9-18-10-7-15/h12-13H,3-11H2,1-2H3. The van der Waals surface area contributed by atoms with E-state index in [1.165, 1.54) is 11.5 Å². The second-order valence-electron chi connectivity index (χ2n) is 6.23. The minimum atomic E-state index is 0.0572. The van der Waals surface area contributed by atoms with Crippen LogP contribution >= 0.6 is 11.8 Å². The first-order chi connectivity index (χ1) is 8.61. The van der Waals surface area contributed by atoms with Crippen LogP contribution in [0.2, 0.25) is 0 Å². The van der Waals surface area contributed by atoms with Crippen molar-refractivity contribution in [3.63, 3.8) is 0 Å². The quantitative estimate of drug-likeness (QED) is 0.779. The van der Waals surface area contributed by atoms with Crippen LogP contribution < -0.4 is 0 Å². The first kappa shape index (κ1) is 14.4. The molecule has 2 heterocycles. The van der Waals surface area contributed by atoms with E-state index in [-0.39, 0.29) is 11.5 Å². The van der Waals surface area contributed by atoms with Gasteiger partial charge in [-0.2, -0.15) is 11.8 Å². The molecule has 18 heavy (non-hydrogen) atoms. The van der Waals surface area contributed by atoms with Gasteiger partial charge in [0.25, 0.3) is 0 Å². The number of rotatable bonds is 4. The van der Waals surface area contributed by atoms with E-state index in [0.717, 1.165) is 45.1 Å². The largest absolute Gasteiger partial charge is 0.375 e. The van der Waals surface area contributed by atoms with Crippen LogP contribution in [0.4, 0.5) is 0 Å². The van der Waals surface area contributed by atoms with Crippen LogP contribution in [-0.2, 0) is 9.53 Å². The predicted octanol–water partition coefficient (Wildman–Crippen LogP) is 3.68. The normalized spacial score (nSPS) is 27.6. The highest BCUT2D eigenvalue weighted by atomic mass is 32.2. The summed E-state index contributed by atoms with van der Waals surface area (Å²) >= 11 is 2.02. The SMILES string of the molecule is CC(C)CCC(=O)C1CCOC2(CCSCC2)C1. The number of hydrogen-bond donors (Lipinski definition) is 0. The van der Waals surface area contributed by atoms with Gasteiger partial charge in [-0.15, -0.1) is 0 Å². The molecule has 2 saturated heterocycles. The summed E-state index contributed by atoms with van der Waals surface area (Å²) in [7, 11) is 0. The highest BCUT2D eigenvalue weighted by Gasteiger charge is 2.40. The summed E-state index contributed by atoms with van der Waals surface area (Å²) in [6.45, 7) is 5.18. The average molecular weight is 270 g/mol. The minimum absolute atomic E-state index is 0.0572. The molecular formula is C15H26O2S. The molecule has 0 aromatic heterocycles. The van der Waals surface area contributed by atoms with Gasteiger partial charge in [0, 0.05) is 18.9 Å². The first-order valence-corrected chi connectivity index (χ1v) is 8.51. The number of hydrogen-bond acceptors (Lipinski definition) is 3. The van der Waals surface area contributed by atoms with Crippen LogP contribution in [0.5, 0.6) is 0 Å². The van der Waals surface area contributed by atoms with E-state index < -0.39 is 0 Å². The minimum Gasteiger partial charge on any atom is -0.375 e. The Morgan fingerprint density at radius 3 is 2.78 bits per heavy atom. The van der Waals surface area contributed by atoms with E-state index in [1.807, 2.05) is 11.8 Å². The van der Waals surface area contributed by atoms with Crippen LogP contribution in [0.15, 0.2) is 0 Å². The number of Topliss-reactive ketones (excluding diaryl/α,β-unsaturated/α-hetero) is 1. The van der Waals surface area contributed by atoms with Crippen molar-refractivity contribution in [2.75, 3.05) is 18.1 Å². The van der Waals surface area contributed by atoms with Gasteiger partial charge in [0.05, 0.1) is 5.60 Å². The van der Waals surface area contributed by atoms with E-state index in [0.29, 0.717) is 11.7 Å². The second kappa shape index (κ2) is 6.42. The van der Waals surface area contributed by atoms with Crippen molar-refractivity contribution in [1.82, 2.24) is 0 Å². The zero-order valence-electron chi connectivity index (χ0n) is 11.7. The first-order valence-electron chi connectivity index (χ1n) is 7.36. The summed E-state index contributed by atoms with van der Waals surface area (Å²) in [5.74, 6) is 3.80. The summed E-state index contributed by atoms with van der Waals surface area (Å²) in [6, 6.07) is 0. The van der Waals surface area contributed by atoms with Crippen molar-refractivity contribution >= 4 is 17.5 Å². The highest BCUT2D eigenvalue weighted by Crippen LogP contribution is 2.40. The second-order valence-corrected chi connectivity index (χ2v) is 7.46. The maximum absolute atomic E-state index is 12.3. The monoisotopic (exact) mass is 270 g/mol. The number of carbonyl (C=O) groups excluding carboxylic acids is 1. The lowest BCUT2D eigenvalue weighted by Crippen LogP contribution is -2.44. The Morgan fingerprint density at radius 1 is 1.39 bits per heavy atom. The maximum atomic E-state index is 12.3. The van der Waals surface area contributed by atoms with Gasteiger partial charge >= 0.3 is 0 Å². The molecule has 0 aromatic rings. The fourth-order valence-corrected chi connectivity index (χ4v) is 4.27. The predicted molar refractivity (Wildman–Crippen MR) is 77.0 cm³/mol.